The van der Waals surface area contributed by atoms with Crippen molar-refractivity contribution >= 4 is 12.0 Å². The van der Waals surface area contributed by atoms with Crippen molar-refractivity contribution in [3.05, 3.63) is 53.4 Å². The van der Waals surface area contributed by atoms with Crippen LogP contribution in [-0.4, -0.2) is 20.6 Å². The van der Waals surface area contributed by atoms with Crippen LogP contribution in [0.1, 0.15) is 17.0 Å². The van der Waals surface area contributed by atoms with E-state index in [0.29, 0.717) is 11.3 Å². The molecule has 0 aliphatic rings. The van der Waals surface area contributed by atoms with E-state index < -0.39 is 11.8 Å². The highest BCUT2D eigenvalue weighted by Crippen LogP contribution is 2.20. The van der Waals surface area contributed by atoms with Crippen LogP contribution in [0.4, 0.5) is 4.39 Å². The van der Waals surface area contributed by atoms with Crippen molar-refractivity contribution in [2.45, 2.75) is 13.8 Å². The first kappa shape index (κ1) is 13.0. The third kappa shape index (κ3) is 2.70. The van der Waals surface area contributed by atoms with Crippen molar-refractivity contribution in [2.24, 2.45) is 0 Å². The number of halogens is 1. The molecule has 0 saturated carbocycles. The van der Waals surface area contributed by atoms with Gasteiger partial charge < -0.3 is 9.67 Å². The summed E-state index contributed by atoms with van der Waals surface area (Å²) in [5.74, 6) is -1.49. The van der Waals surface area contributed by atoms with Crippen molar-refractivity contribution < 1.29 is 14.3 Å². The Balaban J connectivity index is 2.57. The highest BCUT2D eigenvalue weighted by atomic mass is 19.1. The van der Waals surface area contributed by atoms with E-state index in [0.717, 1.165) is 17.5 Å². The zero-order valence-corrected chi connectivity index (χ0v) is 10.6. The van der Waals surface area contributed by atoms with Gasteiger partial charge in [-0.25, -0.2) is 14.2 Å². The summed E-state index contributed by atoms with van der Waals surface area (Å²) in [6, 6.07) is 4.23. The standard InChI is InChI=1S/C14H13FN2O2/c1-9-10(2)17(8-16-9)13-5-4-12(15)7-11(13)3-6-14(18)19/h3-8H,1-2H3,(H,18,19). The first-order valence-electron chi connectivity index (χ1n) is 5.70. The fourth-order valence-corrected chi connectivity index (χ4v) is 1.78. The number of nitrogens with zero attached hydrogens (tertiary/aromatic N) is 2. The average molecular weight is 260 g/mol. The van der Waals surface area contributed by atoms with E-state index in [1.54, 1.807) is 17.0 Å². The molecular formula is C14H13FN2O2. The van der Waals surface area contributed by atoms with Gasteiger partial charge in [-0.05, 0) is 38.1 Å². The highest BCUT2D eigenvalue weighted by molar-refractivity contribution is 5.86. The molecule has 0 unspecified atom stereocenters. The zero-order chi connectivity index (χ0) is 14.0. The Morgan fingerprint density at radius 3 is 2.74 bits per heavy atom. The van der Waals surface area contributed by atoms with Gasteiger partial charge in [0, 0.05) is 17.3 Å². The molecule has 19 heavy (non-hydrogen) atoms. The van der Waals surface area contributed by atoms with Crippen molar-refractivity contribution in [3.63, 3.8) is 0 Å². The Kier molecular flexibility index (Phi) is 3.46. The SMILES string of the molecule is Cc1ncn(-c2ccc(F)cc2C=CC(=O)O)c1C. The molecule has 0 atom stereocenters. The van der Waals surface area contributed by atoms with Gasteiger partial charge in [-0.2, -0.15) is 0 Å². The minimum absolute atomic E-state index is 0.414. The van der Waals surface area contributed by atoms with Crippen LogP contribution in [0.2, 0.25) is 0 Å². The summed E-state index contributed by atoms with van der Waals surface area (Å²) < 4.78 is 15.1. The van der Waals surface area contributed by atoms with Gasteiger partial charge in [0.25, 0.3) is 0 Å². The van der Waals surface area contributed by atoms with Gasteiger partial charge >= 0.3 is 5.97 Å². The molecule has 98 valence electrons. The van der Waals surface area contributed by atoms with Crippen molar-refractivity contribution in [2.75, 3.05) is 0 Å². The van der Waals surface area contributed by atoms with Crippen molar-refractivity contribution in [1.82, 2.24) is 9.55 Å². The average Bonchev–Trinajstić information content (AvgIpc) is 2.68. The smallest absolute Gasteiger partial charge is 0.328 e. The number of carbonyl (C=O) groups is 1. The van der Waals surface area contributed by atoms with Crippen LogP contribution < -0.4 is 0 Å². The van der Waals surface area contributed by atoms with Crippen LogP contribution in [0.5, 0.6) is 0 Å². The second-order valence-corrected chi connectivity index (χ2v) is 4.16. The number of rotatable bonds is 3. The molecule has 5 heteroatoms. The van der Waals surface area contributed by atoms with Crippen LogP contribution in [0.3, 0.4) is 0 Å². The molecule has 2 rings (SSSR count). The molecule has 0 saturated heterocycles. The maximum absolute atomic E-state index is 13.3. The molecule has 1 aromatic carbocycles. The highest BCUT2D eigenvalue weighted by Gasteiger charge is 2.08. The minimum atomic E-state index is -1.08. The van der Waals surface area contributed by atoms with E-state index in [1.807, 2.05) is 13.8 Å². The maximum atomic E-state index is 13.3. The number of benzene rings is 1. The van der Waals surface area contributed by atoms with Crippen LogP contribution in [0.15, 0.2) is 30.6 Å². The number of hydrogen-bond acceptors (Lipinski definition) is 2. The first-order valence-corrected chi connectivity index (χ1v) is 5.70. The molecule has 0 bridgehead atoms. The number of hydrogen-bond donors (Lipinski definition) is 1. The number of carboxylic acid groups (broad SMARTS) is 1. The Hall–Kier alpha value is -2.43. The molecular weight excluding hydrogens is 247 g/mol. The zero-order valence-electron chi connectivity index (χ0n) is 10.6. The summed E-state index contributed by atoms with van der Waals surface area (Å²) in [6.45, 7) is 3.78. The first-order chi connectivity index (χ1) is 8.99. The van der Waals surface area contributed by atoms with E-state index in [1.165, 1.54) is 18.2 Å². The summed E-state index contributed by atoms with van der Waals surface area (Å²) in [5.41, 5.74) is 2.98. The number of imidazole rings is 1. The molecule has 0 fully saturated rings. The van der Waals surface area contributed by atoms with E-state index >= 15 is 0 Å². The number of carboxylic acids is 1. The lowest BCUT2D eigenvalue weighted by Gasteiger charge is -2.09. The molecule has 2 aromatic rings. The lowest BCUT2D eigenvalue weighted by atomic mass is 10.1. The van der Waals surface area contributed by atoms with Crippen LogP contribution >= 0.6 is 0 Å². The van der Waals surface area contributed by atoms with Gasteiger partial charge in [0.2, 0.25) is 0 Å². The molecule has 1 N–H and O–H groups in total. The normalized spacial score (nSPS) is 11.1. The third-order valence-electron chi connectivity index (χ3n) is 2.91. The monoisotopic (exact) mass is 260 g/mol. The largest absolute Gasteiger partial charge is 0.478 e. The Morgan fingerprint density at radius 1 is 1.42 bits per heavy atom. The summed E-state index contributed by atoms with van der Waals surface area (Å²) in [6.07, 6.45) is 3.99. The second kappa shape index (κ2) is 5.06. The molecule has 1 aromatic heterocycles. The van der Waals surface area contributed by atoms with Gasteiger partial charge in [0.15, 0.2) is 0 Å². The van der Waals surface area contributed by atoms with Gasteiger partial charge in [-0.3, -0.25) is 0 Å². The summed E-state index contributed by atoms with van der Waals surface area (Å²) in [7, 11) is 0. The number of aryl methyl sites for hydroxylation is 1. The molecule has 0 radical (unpaired) electrons. The number of aliphatic carboxylic acids is 1. The molecule has 0 amide bonds. The predicted molar refractivity (Wildman–Crippen MR) is 69.7 cm³/mol. The molecule has 0 spiro atoms. The topological polar surface area (TPSA) is 55.1 Å². The van der Waals surface area contributed by atoms with Gasteiger partial charge in [-0.1, -0.05) is 0 Å². The lowest BCUT2D eigenvalue weighted by molar-refractivity contribution is -0.131. The third-order valence-corrected chi connectivity index (χ3v) is 2.91. The Labute approximate surface area is 109 Å². The van der Waals surface area contributed by atoms with E-state index in [2.05, 4.69) is 4.98 Å². The summed E-state index contributed by atoms with van der Waals surface area (Å²) in [4.78, 5) is 14.8. The summed E-state index contributed by atoms with van der Waals surface area (Å²) in [5, 5.41) is 8.66. The molecule has 0 aliphatic heterocycles. The van der Waals surface area contributed by atoms with Crippen LogP contribution in [0, 0.1) is 19.7 Å². The lowest BCUT2D eigenvalue weighted by Crippen LogP contribution is -1.99. The van der Waals surface area contributed by atoms with Gasteiger partial charge in [-0.15, -0.1) is 0 Å². The molecule has 1 heterocycles. The minimum Gasteiger partial charge on any atom is -0.478 e. The molecule has 4 nitrogen and oxygen atoms in total. The summed E-state index contributed by atoms with van der Waals surface area (Å²) >= 11 is 0. The fourth-order valence-electron chi connectivity index (χ4n) is 1.78. The Morgan fingerprint density at radius 2 is 2.16 bits per heavy atom. The van der Waals surface area contributed by atoms with Crippen molar-refractivity contribution in [1.29, 1.82) is 0 Å². The van der Waals surface area contributed by atoms with Crippen LogP contribution in [0.25, 0.3) is 11.8 Å². The molecule has 0 aliphatic carbocycles. The van der Waals surface area contributed by atoms with E-state index in [-0.39, 0.29) is 0 Å². The van der Waals surface area contributed by atoms with Crippen molar-refractivity contribution in [3.8, 4) is 5.69 Å². The Bertz CT molecular complexity index is 659. The fraction of sp³-hybridized carbons (Fsp3) is 0.143. The van der Waals surface area contributed by atoms with E-state index in [9.17, 15) is 9.18 Å². The second-order valence-electron chi connectivity index (χ2n) is 4.16. The van der Waals surface area contributed by atoms with E-state index in [4.69, 9.17) is 5.11 Å². The van der Waals surface area contributed by atoms with Gasteiger partial charge in [0.1, 0.15) is 5.82 Å². The quantitative estimate of drug-likeness (QED) is 0.863. The maximum Gasteiger partial charge on any atom is 0.328 e. The van der Waals surface area contributed by atoms with Crippen LogP contribution in [-0.2, 0) is 4.79 Å². The van der Waals surface area contributed by atoms with Gasteiger partial charge in [0.05, 0.1) is 17.7 Å². The number of aromatic nitrogens is 2. The predicted octanol–water partition coefficient (Wildman–Crippen LogP) is 2.73.